The van der Waals surface area contributed by atoms with Gasteiger partial charge in [-0.15, -0.1) is 0 Å². The molecule has 0 aliphatic carbocycles. The molecule has 1 atom stereocenters. The summed E-state index contributed by atoms with van der Waals surface area (Å²) in [7, 11) is 0. The number of carbonyl (C=O) groups excluding carboxylic acids is 2. The van der Waals surface area contributed by atoms with Crippen molar-refractivity contribution in [1.82, 2.24) is 9.80 Å². The van der Waals surface area contributed by atoms with Crippen molar-refractivity contribution in [2.75, 3.05) is 26.4 Å². The molecule has 23 heavy (non-hydrogen) atoms. The van der Waals surface area contributed by atoms with Crippen LogP contribution < -0.4 is 0 Å². The first-order chi connectivity index (χ1) is 11.0. The zero-order chi connectivity index (χ0) is 16.6. The van der Waals surface area contributed by atoms with Crippen LogP contribution in [0.15, 0.2) is 18.2 Å². The highest BCUT2D eigenvalue weighted by Crippen LogP contribution is 2.30. The van der Waals surface area contributed by atoms with Gasteiger partial charge in [0, 0.05) is 19.2 Å². The smallest absolute Gasteiger partial charge is 0.282 e. The van der Waals surface area contributed by atoms with Crippen LogP contribution >= 0.6 is 0 Å². The van der Waals surface area contributed by atoms with Crippen molar-refractivity contribution >= 4 is 17.5 Å². The second-order valence-electron chi connectivity index (χ2n) is 5.61. The van der Waals surface area contributed by atoms with E-state index in [0.717, 1.165) is 11.3 Å². The average molecular weight is 319 g/mol. The summed E-state index contributed by atoms with van der Waals surface area (Å²) in [5.41, 5.74) is -0.330. The third-order valence-electron chi connectivity index (χ3n) is 4.19. The van der Waals surface area contributed by atoms with Gasteiger partial charge in [-0.1, -0.05) is 13.0 Å². The van der Waals surface area contributed by atoms with Gasteiger partial charge in [-0.3, -0.25) is 29.5 Å². The Morgan fingerprint density at radius 2 is 2.13 bits per heavy atom. The SMILES string of the molecule is CC[C@H]1CN(CN2C(=O)c3cccc([N+](=O)[O-])c3C2=O)CCO1. The number of nitro groups is 1. The van der Waals surface area contributed by atoms with E-state index in [0.29, 0.717) is 19.7 Å². The van der Waals surface area contributed by atoms with Gasteiger partial charge in [0.25, 0.3) is 17.5 Å². The molecule has 122 valence electrons. The molecule has 0 radical (unpaired) electrons. The maximum absolute atomic E-state index is 12.5. The summed E-state index contributed by atoms with van der Waals surface area (Å²) in [5.74, 6) is -1.08. The van der Waals surface area contributed by atoms with Crippen LogP contribution in [0.4, 0.5) is 5.69 Å². The molecule has 3 rings (SSSR count). The Kier molecular flexibility index (Phi) is 4.10. The molecular weight excluding hydrogens is 302 g/mol. The number of ether oxygens (including phenoxy) is 1. The molecule has 1 aromatic rings. The molecule has 0 aromatic heterocycles. The van der Waals surface area contributed by atoms with Crippen LogP contribution in [0.2, 0.25) is 0 Å². The lowest BCUT2D eigenvalue weighted by Crippen LogP contribution is -2.48. The molecule has 1 fully saturated rings. The van der Waals surface area contributed by atoms with Gasteiger partial charge >= 0.3 is 0 Å². The normalized spacial score (nSPS) is 21.6. The van der Waals surface area contributed by atoms with Gasteiger partial charge in [-0.2, -0.15) is 0 Å². The minimum atomic E-state index is -0.630. The van der Waals surface area contributed by atoms with Gasteiger partial charge in [0.05, 0.1) is 29.9 Å². The maximum atomic E-state index is 12.5. The van der Waals surface area contributed by atoms with E-state index in [1.807, 2.05) is 11.8 Å². The summed E-state index contributed by atoms with van der Waals surface area (Å²) in [5, 5.41) is 11.1. The number of hydrogen-bond donors (Lipinski definition) is 0. The van der Waals surface area contributed by atoms with Crippen molar-refractivity contribution in [3.8, 4) is 0 Å². The van der Waals surface area contributed by atoms with Crippen molar-refractivity contribution < 1.29 is 19.2 Å². The summed E-state index contributed by atoms with van der Waals surface area (Å²) in [4.78, 5) is 38.4. The van der Waals surface area contributed by atoms with E-state index in [9.17, 15) is 19.7 Å². The van der Waals surface area contributed by atoms with Crippen LogP contribution in [0, 0.1) is 10.1 Å². The maximum Gasteiger partial charge on any atom is 0.282 e. The molecule has 0 spiro atoms. The van der Waals surface area contributed by atoms with Gasteiger partial charge in [-0.05, 0) is 12.5 Å². The number of rotatable bonds is 4. The number of amides is 2. The van der Waals surface area contributed by atoms with E-state index in [1.165, 1.54) is 18.2 Å². The first kappa shape index (κ1) is 15.6. The van der Waals surface area contributed by atoms with E-state index < -0.39 is 16.7 Å². The van der Waals surface area contributed by atoms with Crippen molar-refractivity contribution in [3.05, 3.63) is 39.4 Å². The van der Waals surface area contributed by atoms with Gasteiger partial charge in [0.15, 0.2) is 0 Å². The number of nitrogens with zero attached hydrogens (tertiary/aromatic N) is 3. The van der Waals surface area contributed by atoms with E-state index in [4.69, 9.17) is 4.74 Å². The molecular formula is C15H17N3O5. The lowest BCUT2D eigenvalue weighted by molar-refractivity contribution is -0.385. The second-order valence-corrected chi connectivity index (χ2v) is 5.61. The minimum Gasteiger partial charge on any atom is -0.376 e. The van der Waals surface area contributed by atoms with Crippen molar-refractivity contribution in [2.24, 2.45) is 0 Å². The first-order valence-corrected chi connectivity index (χ1v) is 7.50. The molecule has 1 aromatic carbocycles. The number of benzene rings is 1. The summed E-state index contributed by atoms with van der Waals surface area (Å²) in [6, 6.07) is 4.12. The predicted octanol–water partition coefficient (Wildman–Crippen LogP) is 1.26. The third kappa shape index (κ3) is 2.71. The Morgan fingerprint density at radius 1 is 1.35 bits per heavy atom. The highest BCUT2D eigenvalue weighted by atomic mass is 16.6. The highest BCUT2D eigenvalue weighted by Gasteiger charge is 2.41. The molecule has 8 heteroatoms. The zero-order valence-electron chi connectivity index (χ0n) is 12.7. The van der Waals surface area contributed by atoms with E-state index in [-0.39, 0.29) is 29.6 Å². The fourth-order valence-corrected chi connectivity index (χ4v) is 2.95. The van der Waals surface area contributed by atoms with Gasteiger partial charge in [0.2, 0.25) is 0 Å². The molecule has 0 saturated carbocycles. The standard InChI is InChI=1S/C15H17N3O5/c1-2-10-8-16(6-7-23-10)9-17-14(19)11-4-3-5-12(18(21)22)13(11)15(17)20/h3-5,10H,2,6-9H2,1H3/t10-/m0/s1. The lowest BCUT2D eigenvalue weighted by Gasteiger charge is -2.34. The Hall–Kier alpha value is -2.32. The highest BCUT2D eigenvalue weighted by molar-refractivity contribution is 6.23. The molecule has 0 bridgehead atoms. The summed E-state index contributed by atoms with van der Waals surface area (Å²) in [6.45, 7) is 3.93. The fraction of sp³-hybridized carbons (Fsp3) is 0.467. The van der Waals surface area contributed by atoms with Crippen LogP contribution in [0.25, 0.3) is 0 Å². The van der Waals surface area contributed by atoms with E-state index in [1.54, 1.807) is 0 Å². The van der Waals surface area contributed by atoms with Gasteiger partial charge in [0.1, 0.15) is 5.56 Å². The van der Waals surface area contributed by atoms with Crippen molar-refractivity contribution in [2.45, 2.75) is 19.4 Å². The van der Waals surface area contributed by atoms with Crippen LogP contribution in [0.3, 0.4) is 0 Å². The van der Waals surface area contributed by atoms with Crippen molar-refractivity contribution in [1.29, 1.82) is 0 Å². The quantitative estimate of drug-likeness (QED) is 0.471. The van der Waals surface area contributed by atoms with E-state index in [2.05, 4.69) is 0 Å². The molecule has 2 aliphatic heterocycles. The number of fused-ring (bicyclic) bond motifs is 1. The van der Waals surface area contributed by atoms with Crippen LogP contribution in [-0.2, 0) is 4.74 Å². The summed E-state index contributed by atoms with van der Waals surface area (Å²) >= 11 is 0. The topological polar surface area (TPSA) is 93.0 Å². The first-order valence-electron chi connectivity index (χ1n) is 7.50. The molecule has 2 aliphatic rings. The number of hydrogen-bond acceptors (Lipinski definition) is 6. The average Bonchev–Trinajstić information content (AvgIpc) is 2.80. The zero-order valence-corrected chi connectivity index (χ0v) is 12.7. The molecule has 2 heterocycles. The van der Waals surface area contributed by atoms with Gasteiger partial charge < -0.3 is 4.74 Å². The molecule has 0 unspecified atom stereocenters. The third-order valence-corrected chi connectivity index (χ3v) is 4.19. The van der Waals surface area contributed by atoms with Crippen molar-refractivity contribution in [3.63, 3.8) is 0 Å². The Morgan fingerprint density at radius 3 is 2.83 bits per heavy atom. The molecule has 8 nitrogen and oxygen atoms in total. The van der Waals surface area contributed by atoms with Crippen LogP contribution in [-0.4, -0.2) is 59.0 Å². The summed E-state index contributed by atoms with van der Waals surface area (Å²) < 4.78 is 5.57. The number of morpholine rings is 1. The monoisotopic (exact) mass is 319 g/mol. The van der Waals surface area contributed by atoms with Gasteiger partial charge in [-0.25, -0.2) is 0 Å². The Labute approximate surface area is 132 Å². The van der Waals surface area contributed by atoms with Crippen LogP contribution in [0.5, 0.6) is 0 Å². The Balaban J connectivity index is 1.83. The predicted molar refractivity (Wildman–Crippen MR) is 80.1 cm³/mol. The van der Waals surface area contributed by atoms with Crippen LogP contribution in [0.1, 0.15) is 34.1 Å². The number of nitro benzene ring substituents is 1. The largest absolute Gasteiger partial charge is 0.376 e. The summed E-state index contributed by atoms with van der Waals surface area (Å²) in [6.07, 6.45) is 0.928. The number of carbonyl (C=O) groups is 2. The Bertz CT molecular complexity index is 675. The second kappa shape index (κ2) is 6.05. The van der Waals surface area contributed by atoms with E-state index >= 15 is 0 Å². The lowest BCUT2D eigenvalue weighted by atomic mass is 10.1. The minimum absolute atomic E-state index is 0.0771. The number of imide groups is 1. The fourth-order valence-electron chi connectivity index (χ4n) is 2.95. The molecule has 2 amide bonds. The molecule has 1 saturated heterocycles. The molecule has 0 N–H and O–H groups in total.